The number of hydrogen-bond acceptors (Lipinski definition) is 10. The molecule has 0 saturated carbocycles. The van der Waals surface area contributed by atoms with Gasteiger partial charge in [-0.25, -0.2) is 4.79 Å². The number of nitrogens with zero attached hydrogens (tertiary/aromatic N) is 1. The lowest BCUT2D eigenvalue weighted by atomic mass is 9.84. The first-order valence-electron chi connectivity index (χ1n) is 9.59. The van der Waals surface area contributed by atoms with Crippen LogP contribution < -0.4 is 4.74 Å². The molecule has 29 heavy (non-hydrogen) atoms. The number of carbonyl (C=O) groups is 1. The van der Waals surface area contributed by atoms with Gasteiger partial charge < -0.3 is 39.7 Å². The number of aliphatic hydroxyl groups is 3. The van der Waals surface area contributed by atoms with Gasteiger partial charge in [0.05, 0.1) is 19.3 Å². The standard InChI is InChI=1S/C19H25NO9/c1-27-17-12(22)8(6-20-4-2-3-5-20)10-11(14(17)24)16-18(29-19(10)26)15(25)13(23)9(7-21)28-16/h9,13,15-16,18,21-25H,2-7H2,1H3/t9-,13-,15+,16?,18?/m0/s1. The smallest absolute Gasteiger partial charge is 0.339 e. The van der Waals surface area contributed by atoms with E-state index in [1.54, 1.807) is 0 Å². The highest BCUT2D eigenvalue weighted by Gasteiger charge is 2.53. The van der Waals surface area contributed by atoms with Crippen LogP contribution in [0.2, 0.25) is 0 Å². The van der Waals surface area contributed by atoms with Crippen LogP contribution in [0.4, 0.5) is 0 Å². The van der Waals surface area contributed by atoms with Gasteiger partial charge in [0.15, 0.2) is 17.6 Å². The summed E-state index contributed by atoms with van der Waals surface area (Å²) in [7, 11) is 1.27. The Kier molecular flexibility index (Phi) is 5.30. The molecule has 1 aromatic rings. The number of rotatable bonds is 4. The molecule has 1 aromatic carbocycles. The summed E-state index contributed by atoms with van der Waals surface area (Å²) in [6, 6.07) is 0. The van der Waals surface area contributed by atoms with Crippen molar-refractivity contribution >= 4 is 5.97 Å². The second-order valence-electron chi connectivity index (χ2n) is 7.61. The number of carbonyl (C=O) groups excluding carboxylic acids is 1. The summed E-state index contributed by atoms with van der Waals surface area (Å²) in [5, 5.41) is 51.5. The number of aromatic hydroxyl groups is 2. The predicted molar refractivity (Wildman–Crippen MR) is 96.8 cm³/mol. The molecule has 4 rings (SSSR count). The van der Waals surface area contributed by atoms with Crippen LogP contribution in [0.15, 0.2) is 0 Å². The lowest BCUT2D eigenvalue weighted by Gasteiger charge is -2.45. The Hall–Kier alpha value is -2.11. The number of ether oxygens (including phenoxy) is 3. The van der Waals surface area contributed by atoms with E-state index in [0.717, 1.165) is 25.9 Å². The molecule has 5 N–H and O–H groups in total. The van der Waals surface area contributed by atoms with Crippen molar-refractivity contribution in [1.82, 2.24) is 4.90 Å². The predicted octanol–water partition coefficient (Wildman–Crippen LogP) is -0.605. The van der Waals surface area contributed by atoms with Crippen molar-refractivity contribution in [3.05, 3.63) is 16.7 Å². The third kappa shape index (κ3) is 3.11. The molecule has 0 aromatic heterocycles. The SMILES string of the molecule is COc1c(O)c(CN2CCCC2)c2c(c1O)C1O[C@@H](CO)[C@H](O)[C@@H](O)C1OC2=O. The van der Waals surface area contributed by atoms with Crippen LogP contribution in [0.5, 0.6) is 17.2 Å². The average molecular weight is 411 g/mol. The van der Waals surface area contributed by atoms with E-state index in [2.05, 4.69) is 4.90 Å². The largest absolute Gasteiger partial charge is 0.504 e. The Balaban J connectivity index is 1.87. The quantitative estimate of drug-likeness (QED) is 0.406. The summed E-state index contributed by atoms with van der Waals surface area (Å²) in [6.45, 7) is 1.26. The average Bonchev–Trinajstić information content (AvgIpc) is 3.21. The van der Waals surface area contributed by atoms with Crippen LogP contribution in [0.3, 0.4) is 0 Å². The number of hydrogen-bond donors (Lipinski definition) is 5. The Morgan fingerprint density at radius 1 is 1.14 bits per heavy atom. The van der Waals surface area contributed by atoms with E-state index >= 15 is 0 Å². The summed E-state index contributed by atoms with van der Waals surface area (Å²) >= 11 is 0. The lowest BCUT2D eigenvalue weighted by Crippen LogP contribution is -2.58. The van der Waals surface area contributed by atoms with Gasteiger partial charge in [0.2, 0.25) is 5.75 Å². The number of esters is 1. The van der Waals surface area contributed by atoms with Crippen molar-refractivity contribution in [2.75, 3.05) is 26.8 Å². The molecule has 3 aliphatic rings. The molecule has 3 aliphatic heterocycles. The monoisotopic (exact) mass is 411 g/mol. The molecule has 2 saturated heterocycles. The Labute approximate surface area is 166 Å². The fourth-order valence-corrected chi connectivity index (χ4v) is 4.43. The number of phenols is 2. The molecule has 2 fully saturated rings. The summed E-state index contributed by atoms with van der Waals surface area (Å²) < 4.78 is 16.2. The van der Waals surface area contributed by atoms with Crippen LogP contribution >= 0.6 is 0 Å². The van der Waals surface area contributed by atoms with Crippen molar-refractivity contribution in [2.24, 2.45) is 0 Å². The second-order valence-corrected chi connectivity index (χ2v) is 7.61. The van der Waals surface area contributed by atoms with Crippen LogP contribution in [0, 0.1) is 0 Å². The van der Waals surface area contributed by atoms with Crippen LogP contribution in [-0.2, 0) is 16.0 Å². The highest BCUT2D eigenvalue weighted by atomic mass is 16.6. The zero-order valence-corrected chi connectivity index (χ0v) is 15.9. The molecule has 5 atom stereocenters. The van der Waals surface area contributed by atoms with E-state index in [4.69, 9.17) is 14.2 Å². The molecular weight excluding hydrogens is 386 g/mol. The number of aliphatic hydroxyl groups excluding tert-OH is 3. The zero-order valence-electron chi connectivity index (χ0n) is 15.9. The molecule has 0 bridgehead atoms. The topological polar surface area (TPSA) is 149 Å². The van der Waals surface area contributed by atoms with Crippen molar-refractivity contribution in [3.8, 4) is 17.2 Å². The molecule has 0 spiro atoms. The van der Waals surface area contributed by atoms with Gasteiger partial charge >= 0.3 is 5.97 Å². The summed E-state index contributed by atoms with van der Waals surface area (Å²) in [6.07, 6.45) is -4.57. The highest BCUT2D eigenvalue weighted by Crippen LogP contribution is 2.52. The zero-order chi connectivity index (χ0) is 20.9. The van der Waals surface area contributed by atoms with Gasteiger partial charge in [-0.3, -0.25) is 4.90 Å². The number of likely N-dealkylation sites (tertiary alicyclic amines) is 1. The van der Waals surface area contributed by atoms with Gasteiger partial charge in [-0.1, -0.05) is 0 Å². The van der Waals surface area contributed by atoms with Gasteiger partial charge in [0.25, 0.3) is 0 Å². The van der Waals surface area contributed by atoms with Gasteiger partial charge in [-0.2, -0.15) is 0 Å². The molecule has 10 nitrogen and oxygen atoms in total. The molecule has 160 valence electrons. The van der Waals surface area contributed by atoms with E-state index < -0.39 is 48.8 Å². The third-order valence-corrected chi connectivity index (χ3v) is 5.93. The number of phenolic OH excluding ortho intramolecular Hbond substituents is 2. The second kappa shape index (κ2) is 7.62. The minimum Gasteiger partial charge on any atom is -0.504 e. The summed E-state index contributed by atoms with van der Waals surface area (Å²) in [4.78, 5) is 14.9. The van der Waals surface area contributed by atoms with Crippen LogP contribution in [0.25, 0.3) is 0 Å². The van der Waals surface area contributed by atoms with E-state index in [-0.39, 0.29) is 34.7 Å². The number of methoxy groups -OCH3 is 1. The minimum absolute atomic E-state index is 0.0134. The minimum atomic E-state index is -1.52. The Bertz CT molecular complexity index is 808. The van der Waals surface area contributed by atoms with Crippen LogP contribution in [0.1, 0.15) is 40.4 Å². The number of benzene rings is 1. The number of fused-ring (bicyclic) bond motifs is 3. The van der Waals surface area contributed by atoms with Crippen molar-refractivity contribution in [1.29, 1.82) is 0 Å². The van der Waals surface area contributed by atoms with Crippen molar-refractivity contribution < 1.29 is 44.5 Å². The first-order valence-corrected chi connectivity index (χ1v) is 9.59. The molecule has 0 amide bonds. The van der Waals surface area contributed by atoms with E-state index in [9.17, 15) is 30.3 Å². The first kappa shape index (κ1) is 20.2. The van der Waals surface area contributed by atoms with Crippen LogP contribution in [-0.4, -0.2) is 87.6 Å². The third-order valence-electron chi connectivity index (χ3n) is 5.93. The molecule has 3 heterocycles. The summed E-state index contributed by atoms with van der Waals surface area (Å²) in [5.41, 5.74) is 0.207. The van der Waals surface area contributed by atoms with Gasteiger partial charge in [0, 0.05) is 17.7 Å². The van der Waals surface area contributed by atoms with Crippen molar-refractivity contribution in [2.45, 2.75) is 49.9 Å². The Morgan fingerprint density at radius 2 is 1.83 bits per heavy atom. The maximum absolute atomic E-state index is 12.8. The van der Waals surface area contributed by atoms with E-state index in [1.165, 1.54) is 7.11 Å². The fourth-order valence-electron chi connectivity index (χ4n) is 4.43. The van der Waals surface area contributed by atoms with Gasteiger partial charge in [0.1, 0.15) is 24.4 Å². The molecular formula is C19H25NO9. The highest BCUT2D eigenvalue weighted by molar-refractivity contribution is 5.97. The van der Waals surface area contributed by atoms with Gasteiger partial charge in [-0.15, -0.1) is 0 Å². The molecule has 0 aliphatic carbocycles. The Morgan fingerprint density at radius 3 is 2.45 bits per heavy atom. The first-order chi connectivity index (χ1) is 13.9. The lowest BCUT2D eigenvalue weighted by molar-refractivity contribution is -0.235. The van der Waals surface area contributed by atoms with E-state index in [1.807, 2.05) is 0 Å². The molecule has 2 unspecified atom stereocenters. The fraction of sp³-hybridized carbons (Fsp3) is 0.632. The maximum atomic E-state index is 12.8. The van der Waals surface area contributed by atoms with E-state index in [0.29, 0.717) is 0 Å². The normalized spacial score (nSPS) is 31.9. The summed E-state index contributed by atoms with van der Waals surface area (Å²) in [5.74, 6) is -1.92. The molecule has 0 radical (unpaired) electrons. The van der Waals surface area contributed by atoms with Crippen molar-refractivity contribution in [3.63, 3.8) is 0 Å². The molecule has 10 heteroatoms. The maximum Gasteiger partial charge on any atom is 0.339 e. The van der Waals surface area contributed by atoms with Gasteiger partial charge in [-0.05, 0) is 25.9 Å².